The van der Waals surface area contributed by atoms with E-state index in [2.05, 4.69) is 10.6 Å². The maximum absolute atomic E-state index is 12.5. The van der Waals surface area contributed by atoms with E-state index in [1.165, 1.54) is 38.5 Å². The van der Waals surface area contributed by atoms with E-state index in [4.69, 9.17) is 9.47 Å². The lowest BCUT2D eigenvalue weighted by atomic mass is 9.49. The molecule has 0 heterocycles. The molecular formula is C30H44N2O6. The molecule has 8 bridgehead atoms. The quantitative estimate of drug-likeness (QED) is 0.314. The number of nitrogens with one attached hydrogen (secondary N) is 2. The van der Waals surface area contributed by atoms with Crippen LogP contribution in [0.15, 0.2) is 0 Å². The summed E-state index contributed by atoms with van der Waals surface area (Å²) < 4.78 is 10.6. The Hall–Kier alpha value is -2.12. The van der Waals surface area contributed by atoms with Gasteiger partial charge >= 0.3 is 11.9 Å². The molecular weight excluding hydrogens is 484 g/mol. The van der Waals surface area contributed by atoms with E-state index in [0.29, 0.717) is 12.8 Å². The topological polar surface area (TPSA) is 111 Å². The fourth-order valence-corrected chi connectivity index (χ4v) is 10.5. The fraction of sp³-hybridized carbons (Fsp3) is 0.867. The molecule has 38 heavy (non-hydrogen) atoms. The van der Waals surface area contributed by atoms with Gasteiger partial charge in [0.1, 0.15) is 0 Å². The molecule has 8 aliphatic rings. The molecule has 2 amide bonds. The molecule has 210 valence electrons. The van der Waals surface area contributed by atoms with Gasteiger partial charge in [-0.1, -0.05) is 0 Å². The van der Waals surface area contributed by atoms with Crippen molar-refractivity contribution in [3.05, 3.63) is 0 Å². The summed E-state index contributed by atoms with van der Waals surface area (Å²) >= 11 is 0. The lowest BCUT2D eigenvalue weighted by Crippen LogP contribution is -2.47. The SMILES string of the molecule is O=C(COC(=O)CC12CC3CC(CC(C3)C1)C2)NCCNC(=O)COC(=O)CC12CC3CC(CC(C3)C1)C2. The van der Waals surface area contributed by atoms with Gasteiger partial charge in [0, 0.05) is 13.1 Å². The maximum Gasteiger partial charge on any atom is 0.306 e. The zero-order chi connectivity index (χ0) is 26.3. The van der Waals surface area contributed by atoms with Gasteiger partial charge in [-0.05, 0) is 123 Å². The molecule has 0 unspecified atom stereocenters. The average molecular weight is 529 g/mol. The largest absolute Gasteiger partial charge is 0.456 e. The van der Waals surface area contributed by atoms with Crippen molar-refractivity contribution in [2.45, 2.75) is 89.9 Å². The molecule has 2 N–H and O–H groups in total. The van der Waals surface area contributed by atoms with Crippen LogP contribution in [0.2, 0.25) is 0 Å². The lowest BCUT2D eigenvalue weighted by Gasteiger charge is -2.56. The van der Waals surface area contributed by atoms with Crippen LogP contribution in [0.4, 0.5) is 0 Å². The number of carbonyl (C=O) groups is 4. The number of amides is 2. The highest BCUT2D eigenvalue weighted by molar-refractivity contribution is 5.81. The Morgan fingerprint density at radius 3 is 1.11 bits per heavy atom. The van der Waals surface area contributed by atoms with Crippen LogP contribution in [0.25, 0.3) is 0 Å². The number of carbonyl (C=O) groups excluding carboxylic acids is 4. The first-order valence-electron chi connectivity index (χ1n) is 15.1. The van der Waals surface area contributed by atoms with Crippen LogP contribution in [0.1, 0.15) is 89.9 Å². The Kier molecular flexibility index (Phi) is 7.19. The van der Waals surface area contributed by atoms with Crippen LogP contribution < -0.4 is 10.6 Å². The summed E-state index contributed by atoms with van der Waals surface area (Å²) in [5, 5.41) is 5.33. The molecule has 0 radical (unpaired) electrons. The third kappa shape index (κ3) is 5.89. The van der Waals surface area contributed by atoms with Gasteiger partial charge in [0.25, 0.3) is 11.8 Å². The Balaban J connectivity index is 0.821. The summed E-state index contributed by atoms with van der Waals surface area (Å²) in [6.45, 7) is -0.140. The highest BCUT2D eigenvalue weighted by Gasteiger charge is 2.52. The maximum atomic E-state index is 12.5. The van der Waals surface area contributed by atoms with Crippen LogP contribution in [-0.2, 0) is 28.7 Å². The predicted octanol–water partition coefficient (Wildman–Crippen LogP) is 3.52. The molecule has 8 aliphatic carbocycles. The standard InChI is InChI=1S/C30H44N2O6/c33-25(17-37-27(35)15-29-9-19-3-20(10-29)5-21(4-19)11-29)31-1-2-32-26(34)18-38-28(36)16-30-12-22-6-23(13-30)8-24(7-22)14-30/h19-24H,1-18H2,(H,31,33)(H,32,34). The average Bonchev–Trinajstić information content (AvgIpc) is 2.82. The van der Waals surface area contributed by atoms with Gasteiger partial charge in [0.2, 0.25) is 0 Å². The second-order valence-electron chi connectivity index (χ2n) is 14.2. The van der Waals surface area contributed by atoms with Crippen LogP contribution in [0, 0.1) is 46.3 Å². The van der Waals surface area contributed by atoms with Gasteiger partial charge in [0.15, 0.2) is 13.2 Å². The molecule has 0 aromatic rings. The molecule has 0 saturated heterocycles. The van der Waals surface area contributed by atoms with E-state index in [0.717, 1.165) is 74.0 Å². The van der Waals surface area contributed by atoms with E-state index < -0.39 is 0 Å². The molecule has 0 atom stereocenters. The number of rotatable bonds is 11. The first kappa shape index (κ1) is 26.1. The van der Waals surface area contributed by atoms with Gasteiger partial charge in [-0.3, -0.25) is 19.2 Å². The summed E-state index contributed by atoms with van der Waals surface area (Å²) in [6, 6.07) is 0. The third-order valence-corrected chi connectivity index (χ3v) is 10.9. The molecule has 8 nitrogen and oxygen atoms in total. The first-order chi connectivity index (χ1) is 18.3. The monoisotopic (exact) mass is 528 g/mol. The Bertz CT molecular complexity index is 814. The van der Waals surface area contributed by atoms with E-state index in [9.17, 15) is 19.2 Å². The van der Waals surface area contributed by atoms with E-state index in [-0.39, 0.29) is 60.9 Å². The van der Waals surface area contributed by atoms with Crippen molar-refractivity contribution in [1.29, 1.82) is 0 Å². The lowest BCUT2D eigenvalue weighted by molar-refractivity contribution is -0.156. The molecule has 8 saturated carbocycles. The minimum atomic E-state index is -0.375. The minimum absolute atomic E-state index is 0.102. The van der Waals surface area contributed by atoms with Gasteiger partial charge in [-0.15, -0.1) is 0 Å². The smallest absolute Gasteiger partial charge is 0.306 e. The minimum Gasteiger partial charge on any atom is -0.456 e. The first-order valence-corrected chi connectivity index (χ1v) is 15.1. The molecule has 8 fully saturated rings. The summed E-state index contributed by atoms with van der Waals surface area (Å²) in [6.07, 6.45) is 15.7. The Morgan fingerprint density at radius 1 is 0.526 bits per heavy atom. The van der Waals surface area contributed by atoms with E-state index in [1.54, 1.807) is 0 Å². The van der Waals surface area contributed by atoms with Gasteiger partial charge < -0.3 is 20.1 Å². The highest BCUT2D eigenvalue weighted by atomic mass is 16.5. The highest BCUT2D eigenvalue weighted by Crippen LogP contribution is 2.62. The van der Waals surface area contributed by atoms with Crippen molar-refractivity contribution in [3.63, 3.8) is 0 Å². The second kappa shape index (κ2) is 10.5. The van der Waals surface area contributed by atoms with Crippen molar-refractivity contribution >= 4 is 23.8 Å². The number of hydrogen-bond acceptors (Lipinski definition) is 6. The molecule has 8 heteroatoms. The van der Waals surface area contributed by atoms with E-state index >= 15 is 0 Å². The van der Waals surface area contributed by atoms with Gasteiger partial charge in [-0.25, -0.2) is 0 Å². The van der Waals surface area contributed by atoms with Crippen molar-refractivity contribution in [3.8, 4) is 0 Å². The van der Waals surface area contributed by atoms with Gasteiger partial charge in [0.05, 0.1) is 12.8 Å². The van der Waals surface area contributed by atoms with Crippen molar-refractivity contribution in [2.75, 3.05) is 26.3 Å². The van der Waals surface area contributed by atoms with Crippen molar-refractivity contribution in [2.24, 2.45) is 46.3 Å². The van der Waals surface area contributed by atoms with Crippen LogP contribution in [0.3, 0.4) is 0 Å². The second-order valence-corrected chi connectivity index (χ2v) is 14.2. The third-order valence-electron chi connectivity index (χ3n) is 10.9. The van der Waals surface area contributed by atoms with Crippen LogP contribution in [0.5, 0.6) is 0 Å². The number of hydrogen-bond donors (Lipinski definition) is 2. The van der Waals surface area contributed by atoms with E-state index in [1.807, 2.05) is 0 Å². The summed E-state index contributed by atoms with van der Waals surface area (Å²) in [5.41, 5.74) is 0.205. The molecule has 8 rings (SSSR count). The Morgan fingerprint density at radius 2 is 0.816 bits per heavy atom. The molecule has 0 spiro atoms. The van der Waals surface area contributed by atoms with Crippen molar-refractivity contribution < 1.29 is 28.7 Å². The Labute approximate surface area is 225 Å². The normalized spacial score (nSPS) is 39.6. The molecule has 0 aromatic carbocycles. The van der Waals surface area contributed by atoms with Crippen LogP contribution in [-0.4, -0.2) is 50.1 Å². The summed E-state index contributed by atoms with van der Waals surface area (Å²) in [5.74, 6) is 3.36. The van der Waals surface area contributed by atoms with Gasteiger partial charge in [-0.2, -0.15) is 0 Å². The van der Waals surface area contributed by atoms with Crippen molar-refractivity contribution in [1.82, 2.24) is 10.6 Å². The number of ether oxygens (including phenoxy) is 2. The molecule has 0 aromatic heterocycles. The zero-order valence-corrected chi connectivity index (χ0v) is 22.6. The zero-order valence-electron chi connectivity index (χ0n) is 22.6. The summed E-state index contributed by atoms with van der Waals surface area (Å²) in [4.78, 5) is 49.2. The number of esters is 2. The summed E-state index contributed by atoms with van der Waals surface area (Å²) in [7, 11) is 0. The predicted molar refractivity (Wildman–Crippen MR) is 138 cm³/mol. The molecule has 0 aliphatic heterocycles. The van der Waals surface area contributed by atoms with Crippen LogP contribution >= 0.6 is 0 Å². The fourth-order valence-electron chi connectivity index (χ4n) is 10.5.